The second-order valence-corrected chi connectivity index (χ2v) is 7.11. The molecular formula is C20H22ClN5O3. The van der Waals surface area contributed by atoms with Crippen LogP contribution in [-0.2, 0) is 11.8 Å². The smallest absolute Gasteiger partial charge is 0.306 e. The van der Waals surface area contributed by atoms with Crippen molar-refractivity contribution in [1.82, 2.24) is 19.8 Å². The van der Waals surface area contributed by atoms with Crippen molar-refractivity contribution in [1.29, 1.82) is 0 Å². The van der Waals surface area contributed by atoms with E-state index in [0.717, 1.165) is 0 Å². The number of ketones is 1. The van der Waals surface area contributed by atoms with Crippen LogP contribution in [0.3, 0.4) is 0 Å². The molecule has 1 saturated heterocycles. The Morgan fingerprint density at radius 2 is 1.93 bits per heavy atom. The van der Waals surface area contributed by atoms with Gasteiger partial charge in [-0.25, -0.2) is 14.8 Å². The van der Waals surface area contributed by atoms with Crippen molar-refractivity contribution in [3.8, 4) is 0 Å². The first-order valence-corrected chi connectivity index (χ1v) is 9.54. The van der Waals surface area contributed by atoms with Crippen molar-refractivity contribution in [3.63, 3.8) is 0 Å². The number of halogens is 1. The molecule has 8 nitrogen and oxygen atoms in total. The van der Waals surface area contributed by atoms with Crippen LogP contribution >= 0.6 is 11.6 Å². The van der Waals surface area contributed by atoms with Crippen molar-refractivity contribution in [2.24, 2.45) is 7.05 Å². The van der Waals surface area contributed by atoms with Crippen molar-refractivity contribution < 1.29 is 14.4 Å². The van der Waals surface area contributed by atoms with Gasteiger partial charge in [0.25, 0.3) is 5.91 Å². The van der Waals surface area contributed by atoms with Gasteiger partial charge in [0.2, 0.25) is 0 Å². The number of Topliss-reactive ketones (excluding diaryl/α,β-unsaturated/α-hetero) is 1. The molecule has 1 aromatic heterocycles. The van der Waals surface area contributed by atoms with Crippen molar-refractivity contribution in [2.45, 2.75) is 20.3 Å². The van der Waals surface area contributed by atoms with Gasteiger partial charge < -0.3 is 5.32 Å². The highest BCUT2D eigenvalue weighted by molar-refractivity contribution is 6.31. The number of hydrogen-bond donors (Lipinski definition) is 1. The zero-order valence-electron chi connectivity index (χ0n) is 16.5. The third-order valence-electron chi connectivity index (χ3n) is 4.63. The summed E-state index contributed by atoms with van der Waals surface area (Å²) < 4.78 is 1.53. The maximum Gasteiger partial charge on any atom is 0.340 e. The third kappa shape index (κ3) is 4.48. The van der Waals surface area contributed by atoms with Gasteiger partial charge in [-0.15, -0.1) is 0 Å². The van der Waals surface area contributed by atoms with Crippen LogP contribution in [0.5, 0.6) is 0 Å². The van der Waals surface area contributed by atoms with E-state index in [1.807, 2.05) is 0 Å². The molecule has 3 rings (SSSR count). The molecule has 0 bridgehead atoms. The molecule has 3 amide bonds. The number of aryl methyl sites for hydroxylation is 2. The summed E-state index contributed by atoms with van der Waals surface area (Å²) >= 11 is 6.19. The average molecular weight is 416 g/mol. The second-order valence-electron chi connectivity index (χ2n) is 6.75. The largest absolute Gasteiger partial charge is 0.340 e. The lowest BCUT2D eigenvalue weighted by Crippen LogP contribution is -2.46. The van der Waals surface area contributed by atoms with Crippen LogP contribution in [0.15, 0.2) is 30.3 Å². The Morgan fingerprint density at radius 3 is 2.59 bits per heavy atom. The van der Waals surface area contributed by atoms with E-state index in [1.165, 1.54) is 27.7 Å². The number of carbonyl (C=O) groups is 3. The van der Waals surface area contributed by atoms with Gasteiger partial charge in [-0.3, -0.25) is 14.3 Å². The van der Waals surface area contributed by atoms with E-state index in [-0.39, 0.29) is 11.7 Å². The van der Waals surface area contributed by atoms with E-state index in [1.54, 1.807) is 44.3 Å². The summed E-state index contributed by atoms with van der Waals surface area (Å²) in [6.07, 6.45) is 3.67. The van der Waals surface area contributed by atoms with Crippen molar-refractivity contribution in [3.05, 3.63) is 52.3 Å². The molecule has 29 heavy (non-hydrogen) atoms. The number of hydrogen-bond acceptors (Lipinski definition) is 4. The molecule has 2 heterocycles. The van der Waals surface area contributed by atoms with Crippen LogP contribution in [0.25, 0.3) is 6.08 Å². The highest BCUT2D eigenvalue weighted by Gasteiger charge is 2.29. The predicted octanol–water partition coefficient (Wildman–Crippen LogP) is 3.28. The van der Waals surface area contributed by atoms with Crippen LogP contribution in [0.4, 0.5) is 10.5 Å². The fourth-order valence-electron chi connectivity index (χ4n) is 3.13. The average Bonchev–Trinajstić information content (AvgIpc) is 3.26. The lowest BCUT2D eigenvalue weighted by molar-refractivity contribution is -0.134. The molecule has 152 valence electrons. The maximum absolute atomic E-state index is 12.7. The van der Waals surface area contributed by atoms with Gasteiger partial charge in [0.1, 0.15) is 5.15 Å². The molecule has 1 aromatic carbocycles. The number of urea groups is 1. The number of nitrogens with one attached hydrogen (secondary N) is 1. The fourth-order valence-corrected chi connectivity index (χ4v) is 3.37. The topological polar surface area (TPSA) is 87.5 Å². The second kappa shape index (κ2) is 8.48. The molecule has 1 fully saturated rings. The maximum atomic E-state index is 12.7. The summed E-state index contributed by atoms with van der Waals surface area (Å²) in [7, 11) is 1.72. The molecule has 0 unspecified atom stereocenters. The molecular weight excluding hydrogens is 394 g/mol. The molecule has 9 heteroatoms. The van der Waals surface area contributed by atoms with E-state index >= 15 is 0 Å². The third-order valence-corrected chi connectivity index (χ3v) is 5.08. The molecule has 0 aliphatic carbocycles. The van der Waals surface area contributed by atoms with Crippen LogP contribution in [0, 0.1) is 6.92 Å². The monoisotopic (exact) mass is 415 g/mol. The van der Waals surface area contributed by atoms with Gasteiger partial charge in [0.05, 0.1) is 5.69 Å². The summed E-state index contributed by atoms with van der Waals surface area (Å²) in [5.41, 5.74) is 2.38. The first kappa shape index (κ1) is 20.6. The minimum absolute atomic E-state index is 0.0893. The highest BCUT2D eigenvalue weighted by atomic mass is 35.5. The number of hydrazine groups is 1. The van der Waals surface area contributed by atoms with Gasteiger partial charge in [-0.2, -0.15) is 5.10 Å². The van der Waals surface area contributed by atoms with E-state index in [0.29, 0.717) is 47.2 Å². The highest BCUT2D eigenvalue weighted by Crippen LogP contribution is 2.21. The standard InChI is InChI=1S/C20H22ClN5O3/c1-13-17(19(21)24(3)23-13)8-9-18(28)25-10-5-11-26(25)20(29)22-16-7-4-6-15(12-16)14(2)27/h4,6-9,12H,5,10-11H2,1-3H3,(H,22,29)/b9-8+. The van der Waals surface area contributed by atoms with Crippen LogP contribution in [0.2, 0.25) is 5.15 Å². The summed E-state index contributed by atoms with van der Waals surface area (Å²) in [4.78, 5) is 36.9. The van der Waals surface area contributed by atoms with Gasteiger partial charge in [0.15, 0.2) is 5.78 Å². The number of rotatable bonds is 4. The number of aromatic nitrogens is 2. The number of anilines is 1. The minimum atomic E-state index is -0.430. The van der Waals surface area contributed by atoms with Crippen LogP contribution in [-0.4, -0.2) is 50.6 Å². The van der Waals surface area contributed by atoms with E-state index in [4.69, 9.17) is 11.6 Å². The summed E-state index contributed by atoms with van der Waals surface area (Å²) in [5, 5.41) is 10.1. The number of nitrogens with zero attached hydrogens (tertiary/aromatic N) is 4. The Bertz CT molecular complexity index is 998. The fraction of sp³-hybridized carbons (Fsp3) is 0.300. The van der Waals surface area contributed by atoms with Gasteiger partial charge in [-0.1, -0.05) is 23.7 Å². The Kier molecular flexibility index (Phi) is 6.03. The Balaban J connectivity index is 1.71. The molecule has 1 N–H and O–H groups in total. The lowest BCUT2D eigenvalue weighted by Gasteiger charge is -2.27. The Morgan fingerprint density at radius 1 is 1.21 bits per heavy atom. The van der Waals surface area contributed by atoms with E-state index in [9.17, 15) is 14.4 Å². The number of benzene rings is 1. The van der Waals surface area contributed by atoms with Crippen molar-refractivity contribution >= 4 is 41.1 Å². The Labute approximate surface area is 173 Å². The van der Waals surface area contributed by atoms with E-state index < -0.39 is 6.03 Å². The number of carbonyl (C=O) groups excluding carboxylic acids is 3. The molecule has 0 atom stereocenters. The summed E-state index contributed by atoms with van der Waals surface area (Å²) in [6, 6.07) is 6.25. The molecule has 1 aliphatic heterocycles. The summed E-state index contributed by atoms with van der Waals surface area (Å²) in [6.45, 7) is 4.12. The SMILES string of the molecule is CC(=O)c1cccc(NC(=O)N2CCCN2C(=O)/C=C/c2c(C)nn(C)c2Cl)c1. The summed E-state index contributed by atoms with van der Waals surface area (Å²) in [5.74, 6) is -0.414. The van der Waals surface area contributed by atoms with Crippen LogP contribution in [0.1, 0.15) is 35.0 Å². The minimum Gasteiger partial charge on any atom is -0.306 e. The normalized spacial score (nSPS) is 13.9. The molecule has 0 spiro atoms. The number of amides is 3. The van der Waals surface area contributed by atoms with E-state index in [2.05, 4.69) is 10.4 Å². The zero-order chi connectivity index (χ0) is 21.1. The Hall–Kier alpha value is -3.13. The quantitative estimate of drug-likeness (QED) is 0.613. The van der Waals surface area contributed by atoms with Gasteiger partial charge in [0, 0.05) is 43.0 Å². The van der Waals surface area contributed by atoms with Gasteiger partial charge >= 0.3 is 6.03 Å². The molecule has 0 saturated carbocycles. The molecule has 0 radical (unpaired) electrons. The zero-order valence-corrected chi connectivity index (χ0v) is 17.2. The molecule has 1 aliphatic rings. The van der Waals surface area contributed by atoms with Crippen LogP contribution < -0.4 is 5.32 Å². The first-order valence-electron chi connectivity index (χ1n) is 9.16. The lowest BCUT2D eigenvalue weighted by atomic mass is 10.1. The predicted molar refractivity (Wildman–Crippen MR) is 110 cm³/mol. The van der Waals surface area contributed by atoms with Gasteiger partial charge in [-0.05, 0) is 38.5 Å². The first-order chi connectivity index (χ1) is 13.8. The molecule has 2 aromatic rings. The van der Waals surface area contributed by atoms with Crippen molar-refractivity contribution in [2.75, 3.05) is 18.4 Å².